The first-order chi connectivity index (χ1) is 18.1. The van der Waals surface area contributed by atoms with Gasteiger partial charge in [-0.2, -0.15) is 0 Å². The Labute approximate surface area is 228 Å². The summed E-state index contributed by atoms with van der Waals surface area (Å²) < 4.78 is 0. The van der Waals surface area contributed by atoms with Gasteiger partial charge in [0.1, 0.15) is 0 Å². The van der Waals surface area contributed by atoms with Gasteiger partial charge in [-0.3, -0.25) is 9.78 Å². The van der Waals surface area contributed by atoms with Crippen LogP contribution in [-0.4, -0.2) is 15.9 Å². The highest BCUT2D eigenvalue weighted by atomic mass is 32.1. The first-order valence-electron chi connectivity index (χ1n) is 12.5. The molecule has 6 rings (SSSR count). The third kappa shape index (κ3) is 4.90. The van der Waals surface area contributed by atoms with Crippen LogP contribution in [0.15, 0.2) is 109 Å². The molecule has 0 fully saturated rings. The molecule has 0 spiro atoms. The number of carbonyl (C=O) groups excluding carboxylic acids is 1. The molecule has 2 atom stereocenters. The predicted octanol–water partition coefficient (Wildman–Crippen LogP) is 7.77. The number of benzene rings is 3. The van der Waals surface area contributed by atoms with Gasteiger partial charge in [0.2, 0.25) is 5.91 Å². The average Bonchev–Trinajstić information content (AvgIpc) is 3.51. The summed E-state index contributed by atoms with van der Waals surface area (Å²) in [6.45, 7) is 2.08. The summed E-state index contributed by atoms with van der Waals surface area (Å²) in [4.78, 5) is 22.6. The lowest BCUT2D eigenvalue weighted by atomic mass is 9.73. The van der Waals surface area contributed by atoms with Crippen molar-refractivity contribution in [2.24, 2.45) is 5.41 Å². The molecule has 0 saturated heterocycles. The maximum Gasteiger partial charge on any atom is 0.233 e. The number of nitrogens with one attached hydrogen (secondary N) is 1. The summed E-state index contributed by atoms with van der Waals surface area (Å²) in [7, 11) is 0. The molecule has 0 aliphatic heterocycles. The molecule has 0 saturated carbocycles. The van der Waals surface area contributed by atoms with Gasteiger partial charge in [-0.1, -0.05) is 86.3 Å². The molecule has 1 aliphatic carbocycles. The van der Waals surface area contributed by atoms with Gasteiger partial charge in [0.15, 0.2) is 5.13 Å². The Morgan fingerprint density at radius 2 is 1.61 bits per heavy atom. The molecular weight excluding hydrogens is 486 g/mol. The minimum absolute atomic E-state index is 0. The van der Waals surface area contributed by atoms with Gasteiger partial charge >= 0.3 is 0 Å². The standard InChI is InChI=1S/C32H27N3OS.CH4/c1-32(20-26-9-5-6-10-28(26)29(32)25-7-3-2-4-8-25)30(36)35-31-34-27(21-37-31)19-22-11-13-23(14-12-22)24-15-17-33-18-16-24;/h2-18,21,29H,19-20H2,1H3,(H,34,35,36);1H4/t29-,32-;/m0./s1. The number of carbonyl (C=O) groups is 1. The van der Waals surface area contributed by atoms with Crippen LogP contribution in [-0.2, 0) is 17.6 Å². The summed E-state index contributed by atoms with van der Waals surface area (Å²) in [5.74, 6) is 0.0170. The van der Waals surface area contributed by atoms with Crippen molar-refractivity contribution < 1.29 is 4.79 Å². The number of thiazole rings is 1. The predicted molar refractivity (Wildman–Crippen MR) is 156 cm³/mol. The third-order valence-electron chi connectivity index (χ3n) is 7.34. The summed E-state index contributed by atoms with van der Waals surface area (Å²) in [5, 5.41) is 5.84. The summed E-state index contributed by atoms with van der Waals surface area (Å²) in [6.07, 6.45) is 5.04. The number of rotatable bonds is 6. The summed E-state index contributed by atoms with van der Waals surface area (Å²) >= 11 is 1.49. The second-order valence-electron chi connectivity index (χ2n) is 9.84. The monoisotopic (exact) mass is 517 g/mol. The molecule has 4 nitrogen and oxygen atoms in total. The first-order valence-corrected chi connectivity index (χ1v) is 13.4. The van der Waals surface area contributed by atoms with Gasteiger partial charge in [0.05, 0.1) is 11.1 Å². The van der Waals surface area contributed by atoms with E-state index in [1.54, 1.807) is 12.4 Å². The zero-order valence-electron chi connectivity index (χ0n) is 20.6. The van der Waals surface area contributed by atoms with E-state index in [2.05, 4.69) is 77.9 Å². The molecule has 1 aliphatic rings. The molecular formula is C33H31N3OS. The molecule has 2 aromatic heterocycles. The number of aromatic nitrogens is 2. The van der Waals surface area contributed by atoms with Crippen LogP contribution in [0.25, 0.3) is 11.1 Å². The van der Waals surface area contributed by atoms with E-state index < -0.39 is 5.41 Å². The lowest BCUT2D eigenvalue weighted by Crippen LogP contribution is -2.37. The Bertz CT molecular complexity index is 1530. The molecule has 5 aromatic rings. The molecule has 0 radical (unpaired) electrons. The van der Waals surface area contributed by atoms with Gasteiger partial charge < -0.3 is 5.32 Å². The van der Waals surface area contributed by atoms with Crippen LogP contribution in [0, 0.1) is 5.41 Å². The lowest BCUT2D eigenvalue weighted by Gasteiger charge is -2.30. The summed E-state index contributed by atoms with van der Waals surface area (Å²) in [5.41, 5.74) is 7.50. The number of nitrogens with zero attached hydrogens (tertiary/aromatic N) is 2. The first kappa shape index (κ1) is 25.6. The minimum atomic E-state index is -0.598. The fourth-order valence-corrected chi connectivity index (χ4v) is 6.18. The van der Waals surface area contributed by atoms with E-state index in [-0.39, 0.29) is 19.3 Å². The van der Waals surface area contributed by atoms with Gasteiger partial charge in [0.25, 0.3) is 0 Å². The fraction of sp³-hybridized carbons (Fsp3) is 0.182. The van der Waals surface area contributed by atoms with Crippen LogP contribution >= 0.6 is 11.3 Å². The number of fused-ring (bicyclic) bond motifs is 1. The number of hydrogen-bond acceptors (Lipinski definition) is 4. The maximum absolute atomic E-state index is 13.8. The van der Waals surface area contributed by atoms with Crippen molar-refractivity contribution >= 4 is 22.4 Å². The minimum Gasteiger partial charge on any atom is -0.301 e. The highest BCUT2D eigenvalue weighted by molar-refractivity contribution is 7.13. The molecule has 190 valence electrons. The molecule has 3 aromatic carbocycles. The molecule has 0 unspecified atom stereocenters. The van der Waals surface area contributed by atoms with Crippen LogP contribution in [0.5, 0.6) is 0 Å². The van der Waals surface area contributed by atoms with E-state index in [1.165, 1.54) is 33.6 Å². The summed E-state index contributed by atoms with van der Waals surface area (Å²) in [6, 6.07) is 31.3. The topological polar surface area (TPSA) is 54.9 Å². The van der Waals surface area contributed by atoms with Crippen molar-refractivity contribution in [1.29, 1.82) is 0 Å². The highest BCUT2D eigenvalue weighted by Gasteiger charge is 2.48. The van der Waals surface area contributed by atoms with Crippen LogP contribution in [0.4, 0.5) is 5.13 Å². The van der Waals surface area contributed by atoms with Gasteiger partial charge in [-0.05, 0) is 58.9 Å². The second kappa shape index (κ2) is 10.7. The van der Waals surface area contributed by atoms with Gasteiger partial charge in [-0.25, -0.2) is 4.98 Å². The van der Waals surface area contributed by atoms with Crippen LogP contribution in [0.3, 0.4) is 0 Å². The number of pyridine rings is 1. The normalized spacial score (nSPS) is 17.9. The van der Waals surface area contributed by atoms with Gasteiger partial charge in [0, 0.05) is 30.1 Å². The van der Waals surface area contributed by atoms with E-state index in [1.807, 2.05) is 35.7 Å². The van der Waals surface area contributed by atoms with Crippen molar-refractivity contribution in [1.82, 2.24) is 9.97 Å². The van der Waals surface area contributed by atoms with Crippen LogP contribution in [0.2, 0.25) is 0 Å². The Hall–Kier alpha value is -4.09. The molecule has 1 amide bonds. The van der Waals surface area contributed by atoms with Crippen molar-refractivity contribution in [2.45, 2.75) is 33.1 Å². The molecule has 5 heteroatoms. The van der Waals surface area contributed by atoms with E-state index in [0.717, 1.165) is 23.2 Å². The maximum atomic E-state index is 13.8. The SMILES string of the molecule is C.C[C@]1(C(=O)Nc2nc(Cc3ccc(-c4ccncc4)cc3)cs2)Cc2ccccc2[C@@H]1c1ccccc1. The molecule has 38 heavy (non-hydrogen) atoms. The van der Waals surface area contributed by atoms with Crippen LogP contribution < -0.4 is 5.32 Å². The van der Waals surface area contributed by atoms with Crippen molar-refractivity contribution in [3.05, 3.63) is 137 Å². The highest BCUT2D eigenvalue weighted by Crippen LogP contribution is 2.51. The molecule has 0 bridgehead atoms. The van der Waals surface area contributed by atoms with Crippen molar-refractivity contribution in [3.63, 3.8) is 0 Å². The number of amides is 1. The number of hydrogen-bond donors (Lipinski definition) is 1. The number of anilines is 1. The largest absolute Gasteiger partial charge is 0.301 e. The fourth-order valence-electron chi connectivity index (χ4n) is 5.48. The van der Waals surface area contributed by atoms with E-state index in [9.17, 15) is 4.79 Å². The van der Waals surface area contributed by atoms with Gasteiger partial charge in [-0.15, -0.1) is 11.3 Å². The molecule has 2 heterocycles. The second-order valence-corrected chi connectivity index (χ2v) is 10.7. The van der Waals surface area contributed by atoms with E-state index >= 15 is 0 Å². The molecule has 1 N–H and O–H groups in total. The Balaban J connectivity index is 0.00000294. The quantitative estimate of drug-likeness (QED) is 0.250. The van der Waals surface area contributed by atoms with Crippen LogP contribution in [0.1, 0.15) is 48.2 Å². The zero-order valence-corrected chi connectivity index (χ0v) is 21.4. The van der Waals surface area contributed by atoms with E-state index in [0.29, 0.717) is 11.6 Å². The Morgan fingerprint density at radius 1 is 0.921 bits per heavy atom. The average molecular weight is 518 g/mol. The Kier molecular flexibility index (Phi) is 7.21. The third-order valence-corrected chi connectivity index (χ3v) is 8.14. The Morgan fingerprint density at radius 3 is 2.37 bits per heavy atom. The smallest absolute Gasteiger partial charge is 0.233 e. The van der Waals surface area contributed by atoms with Crippen molar-refractivity contribution in [2.75, 3.05) is 5.32 Å². The lowest BCUT2D eigenvalue weighted by molar-refractivity contribution is -0.125. The zero-order chi connectivity index (χ0) is 25.2. The van der Waals surface area contributed by atoms with E-state index in [4.69, 9.17) is 4.98 Å². The van der Waals surface area contributed by atoms with Crippen molar-refractivity contribution in [3.8, 4) is 11.1 Å².